The molecule has 0 aliphatic heterocycles. The van der Waals surface area contributed by atoms with Gasteiger partial charge in [0.05, 0.1) is 11.3 Å². The zero-order valence-electron chi connectivity index (χ0n) is 12.7. The molecule has 1 aliphatic rings. The summed E-state index contributed by atoms with van der Waals surface area (Å²) in [6, 6.07) is 7.19. The number of hydrogen-bond donors (Lipinski definition) is 0. The number of carbonyl (C=O) groups is 1. The minimum atomic E-state index is -4.67. The number of aryl methyl sites for hydroxylation is 1. The predicted molar refractivity (Wildman–Crippen MR) is 81.0 cm³/mol. The largest absolute Gasteiger partial charge is 0.419 e. The number of rotatable bonds is 1. The number of nitriles is 1. The zero-order chi connectivity index (χ0) is 18.2. The van der Waals surface area contributed by atoms with Crippen molar-refractivity contribution in [3.8, 4) is 6.07 Å². The number of aromatic nitrogens is 1. The van der Waals surface area contributed by atoms with Crippen molar-refractivity contribution in [2.24, 2.45) is 0 Å². The Morgan fingerprint density at radius 2 is 1.92 bits per heavy atom. The molecule has 3 rings (SSSR count). The molecule has 0 saturated carbocycles. The maximum atomic E-state index is 13.2. The molecule has 1 aromatic heterocycles. The number of pyridine rings is 1. The highest BCUT2D eigenvalue weighted by Gasteiger charge is 2.34. The molecule has 0 unspecified atom stereocenters. The topological polar surface area (TPSA) is 53.8 Å². The van der Waals surface area contributed by atoms with Gasteiger partial charge in [0.1, 0.15) is 11.9 Å². The first-order valence-electron chi connectivity index (χ1n) is 7.31. The third-order valence-corrected chi connectivity index (χ3v) is 3.92. The molecule has 0 bridgehead atoms. The van der Waals surface area contributed by atoms with E-state index in [1.54, 1.807) is 0 Å². The highest BCUT2D eigenvalue weighted by atomic mass is 19.4. The quantitative estimate of drug-likeness (QED) is 0.571. The Hall–Kier alpha value is -3.01. The van der Waals surface area contributed by atoms with Gasteiger partial charge in [0.15, 0.2) is 11.5 Å². The smallest absolute Gasteiger partial charge is 0.289 e. The van der Waals surface area contributed by atoms with Crippen LogP contribution in [0.4, 0.5) is 17.6 Å². The number of ketones is 1. The van der Waals surface area contributed by atoms with E-state index in [0.29, 0.717) is 29.5 Å². The van der Waals surface area contributed by atoms with Crippen molar-refractivity contribution in [3.63, 3.8) is 0 Å². The summed E-state index contributed by atoms with van der Waals surface area (Å²) in [5.74, 6) is -0.747. The minimum absolute atomic E-state index is 0.0958. The summed E-state index contributed by atoms with van der Waals surface area (Å²) >= 11 is 0. The van der Waals surface area contributed by atoms with Crippen LogP contribution >= 0.6 is 0 Å². The van der Waals surface area contributed by atoms with Crippen LogP contribution in [0.1, 0.15) is 39.3 Å². The van der Waals surface area contributed by atoms with E-state index < -0.39 is 23.3 Å². The molecule has 0 amide bonds. The van der Waals surface area contributed by atoms with Gasteiger partial charge in [-0.15, -0.1) is 0 Å². The van der Waals surface area contributed by atoms with Crippen LogP contribution < -0.4 is 0 Å². The van der Waals surface area contributed by atoms with E-state index in [-0.39, 0.29) is 11.5 Å². The molecule has 0 atom stereocenters. The second-order valence-corrected chi connectivity index (χ2v) is 5.54. The Morgan fingerprint density at radius 3 is 2.60 bits per heavy atom. The van der Waals surface area contributed by atoms with Gasteiger partial charge in [-0.1, -0.05) is 0 Å². The summed E-state index contributed by atoms with van der Waals surface area (Å²) in [5, 5.41) is 8.88. The summed E-state index contributed by atoms with van der Waals surface area (Å²) < 4.78 is 51.6. The normalized spacial score (nSPS) is 15.8. The van der Waals surface area contributed by atoms with Crippen LogP contribution in [0.3, 0.4) is 0 Å². The number of hydrogen-bond acceptors (Lipinski definition) is 3. The Morgan fingerprint density at radius 1 is 1.16 bits per heavy atom. The van der Waals surface area contributed by atoms with Crippen molar-refractivity contribution in [3.05, 3.63) is 69.8 Å². The molecule has 0 saturated heterocycles. The predicted octanol–water partition coefficient (Wildman–Crippen LogP) is 4.32. The van der Waals surface area contributed by atoms with Gasteiger partial charge in [-0.2, -0.15) is 18.4 Å². The molecule has 126 valence electrons. The van der Waals surface area contributed by atoms with Crippen LogP contribution in [0.2, 0.25) is 0 Å². The van der Waals surface area contributed by atoms with Crippen molar-refractivity contribution in [1.82, 2.24) is 4.98 Å². The van der Waals surface area contributed by atoms with Gasteiger partial charge in [-0.25, -0.2) is 9.37 Å². The molecule has 7 heteroatoms. The van der Waals surface area contributed by atoms with Crippen LogP contribution in [0.15, 0.2) is 35.9 Å². The van der Waals surface area contributed by atoms with E-state index >= 15 is 0 Å². The van der Waals surface area contributed by atoms with Gasteiger partial charge in [-0.05, 0) is 54.8 Å². The molecular formula is C18H10F4N2O. The van der Waals surface area contributed by atoms with Crippen LogP contribution in [0.5, 0.6) is 0 Å². The highest BCUT2D eigenvalue weighted by Crippen LogP contribution is 2.32. The van der Waals surface area contributed by atoms with Gasteiger partial charge in [0, 0.05) is 11.1 Å². The minimum Gasteiger partial charge on any atom is -0.289 e. The number of fused-ring (bicyclic) bond motifs is 1. The van der Waals surface area contributed by atoms with E-state index in [2.05, 4.69) is 4.98 Å². The molecule has 3 nitrogen and oxygen atoms in total. The lowest BCUT2D eigenvalue weighted by Crippen LogP contribution is -2.14. The van der Waals surface area contributed by atoms with Crippen molar-refractivity contribution in [2.45, 2.75) is 19.0 Å². The molecule has 0 radical (unpaired) electrons. The molecule has 1 heterocycles. The lowest BCUT2D eigenvalue weighted by molar-refractivity contribution is -0.138. The Balaban J connectivity index is 1.98. The standard InChI is InChI=1S/C18H10F4N2O/c19-12-3-5-14-10(7-12)1-2-11(17(14)25)8-13-4-6-15(18(20,21)22)16(9-23)24-13/h3-8H,1-2H2. The van der Waals surface area contributed by atoms with Crippen LogP contribution in [-0.2, 0) is 12.6 Å². The number of Topliss-reactive ketones (excluding diaryl/α,β-unsaturated/α-hetero) is 1. The number of carbonyl (C=O) groups excluding carboxylic acids is 1. The highest BCUT2D eigenvalue weighted by molar-refractivity contribution is 6.13. The SMILES string of the molecule is N#Cc1nc(C=C2CCc3cc(F)ccc3C2=O)ccc1C(F)(F)F. The van der Waals surface area contributed by atoms with Crippen molar-refractivity contribution < 1.29 is 22.4 Å². The summed E-state index contributed by atoms with van der Waals surface area (Å²) in [4.78, 5) is 16.1. The Labute approximate surface area is 140 Å². The molecule has 1 aliphatic carbocycles. The lowest BCUT2D eigenvalue weighted by atomic mass is 9.86. The van der Waals surface area contributed by atoms with Crippen LogP contribution in [0, 0.1) is 17.1 Å². The summed E-state index contributed by atoms with van der Waals surface area (Å²) in [6.07, 6.45) is -2.54. The van der Waals surface area contributed by atoms with E-state index in [0.717, 1.165) is 12.1 Å². The summed E-state index contributed by atoms with van der Waals surface area (Å²) in [7, 11) is 0. The average Bonchev–Trinajstić information content (AvgIpc) is 2.56. The number of benzene rings is 1. The first-order chi connectivity index (χ1) is 11.8. The lowest BCUT2D eigenvalue weighted by Gasteiger charge is -2.17. The van der Waals surface area contributed by atoms with E-state index in [4.69, 9.17) is 5.26 Å². The molecular weight excluding hydrogens is 336 g/mol. The molecule has 25 heavy (non-hydrogen) atoms. The molecule has 0 spiro atoms. The fraction of sp³-hybridized carbons (Fsp3) is 0.167. The first kappa shape index (κ1) is 16.8. The third-order valence-electron chi connectivity index (χ3n) is 3.92. The van der Waals surface area contributed by atoms with E-state index in [1.165, 1.54) is 30.3 Å². The molecule has 0 fully saturated rings. The van der Waals surface area contributed by atoms with Gasteiger partial charge < -0.3 is 0 Å². The summed E-state index contributed by atoms with van der Waals surface area (Å²) in [5.41, 5.74) is -0.444. The maximum Gasteiger partial charge on any atom is 0.419 e. The van der Waals surface area contributed by atoms with Crippen LogP contribution in [-0.4, -0.2) is 10.8 Å². The van der Waals surface area contributed by atoms with Crippen molar-refractivity contribution >= 4 is 11.9 Å². The number of halogens is 4. The van der Waals surface area contributed by atoms with Gasteiger partial charge >= 0.3 is 6.18 Å². The second kappa shape index (κ2) is 6.13. The summed E-state index contributed by atoms with van der Waals surface area (Å²) in [6.45, 7) is 0. The van der Waals surface area contributed by atoms with Crippen LogP contribution in [0.25, 0.3) is 6.08 Å². The monoisotopic (exact) mass is 346 g/mol. The van der Waals surface area contributed by atoms with Gasteiger partial charge in [-0.3, -0.25) is 4.79 Å². The average molecular weight is 346 g/mol. The fourth-order valence-electron chi connectivity index (χ4n) is 2.73. The van der Waals surface area contributed by atoms with Crippen molar-refractivity contribution in [1.29, 1.82) is 5.26 Å². The number of nitrogens with zero attached hydrogens (tertiary/aromatic N) is 2. The Bertz CT molecular complexity index is 939. The Kier molecular flexibility index (Phi) is 4.13. The second-order valence-electron chi connectivity index (χ2n) is 5.54. The van der Waals surface area contributed by atoms with Gasteiger partial charge in [0.25, 0.3) is 0 Å². The number of alkyl halides is 3. The van der Waals surface area contributed by atoms with E-state index in [9.17, 15) is 22.4 Å². The zero-order valence-corrected chi connectivity index (χ0v) is 12.7. The molecule has 1 aromatic carbocycles. The van der Waals surface area contributed by atoms with E-state index in [1.807, 2.05) is 0 Å². The fourth-order valence-corrected chi connectivity index (χ4v) is 2.73. The molecule has 0 N–H and O–H groups in total. The van der Waals surface area contributed by atoms with Gasteiger partial charge in [0.2, 0.25) is 0 Å². The maximum absolute atomic E-state index is 13.2. The third kappa shape index (κ3) is 3.29. The number of allylic oxidation sites excluding steroid dienone is 1. The van der Waals surface area contributed by atoms with Crippen molar-refractivity contribution in [2.75, 3.05) is 0 Å². The molecule has 2 aromatic rings. The first-order valence-corrected chi connectivity index (χ1v) is 7.31.